The zero-order valence-electron chi connectivity index (χ0n) is 16.3. The Labute approximate surface area is 175 Å². The molecule has 1 aromatic heterocycles. The van der Waals surface area contributed by atoms with E-state index in [9.17, 15) is 19.6 Å². The molecule has 0 spiro atoms. The van der Waals surface area contributed by atoms with E-state index in [4.69, 9.17) is 9.15 Å². The van der Waals surface area contributed by atoms with Crippen LogP contribution in [0, 0.1) is 15.9 Å². The third kappa shape index (κ3) is 4.06. The number of rotatable bonds is 6. The van der Waals surface area contributed by atoms with Crippen molar-refractivity contribution in [3.63, 3.8) is 0 Å². The Hall–Kier alpha value is -4.27. The highest BCUT2D eigenvalue weighted by atomic mass is 19.1. The fraction of sp³-hybridized carbons (Fsp3) is 0.0909. The Morgan fingerprint density at radius 2 is 2.06 bits per heavy atom. The zero-order chi connectivity index (χ0) is 22.0. The van der Waals surface area contributed by atoms with E-state index in [-0.39, 0.29) is 40.8 Å². The molecule has 1 heterocycles. The van der Waals surface area contributed by atoms with Crippen LogP contribution >= 0.6 is 0 Å². The van der Waals surface area contributed by atoms with E-state index < -0.39 is 10.7 Å². The number of phenols is 1. The number of aromatic nitrogens is 1. The van der Waals surface area contributed by atoms with Crippen molar-refractivity contribution in [3.8, 4) is 23.0 Å². The number of phenolic OH excluding ortho intramolecular Hbond substituents is 1. The predicted molar refractivity (Wildman–Crippen MR) is 113 cm³/mol. The van der Waals surface area contributed by atoms with E-state index in [1.54, 1.807) is 43.3 Å². The molecular formula is C22H16FN3O5. The highest BCUT2D eigenvalue weighted by Crippen LogP contribution is 2.34. The highest BCUT2D eigenvalue weighted by molar-refractivity contribution is 5.89. The summed E-state index contributed by atoms with van der Waals surface area (Å²) in [4.78, 5) is 19.2. The first-order chi connectivity index (χ1) is 15.0. The lowest BCUT2D eigenvalue weighted by Crippen LogP contribution is -1.97. The molecule has 8 nitrogen and oxygen atoms in total. The van der Waals surface area contributed by atoms with Gasteiger partial charge in [-0.3, -0.25) is 15.1 Å². The molecule has 0 amide bonds. The van der Waals surface area contributed by atoms with Gasteiger partial charge >= 0.3 is 0 Å². The normalized spacial score (nSPS) is 11.3. The summed E-state index contributed by atoms with van der Waals surface area (Å²) in [6.45, 7) is 1.94. The summed E-state index contributed by atoms with van der Waals surface area (Å²) in [5.41, 5.74) is 1.52. The van der Waals surface area contributed by atoms with Crippen molar-refractivity contribution in [2.24, 2.45) is 4.99 Å². The number of hydrogen-bond acceptors (Lipinski definition) is 7. The number of halogens is 1. The van der Waals surface area contributed by atoms with Crippen LogP contribution in [-0.2, 0) is 0 Å². The van der Waals surface area contributed by atoms with Crippen molar-refractivity contribution in [1.29, 1.82) is 0 Å². The molecule has 1 N–H and O–H groups in total. The number of oxazole rings is 1. The lowest BCUT2D eigenvalue weighted by molar-refractivity contribution is -0.385. The number of fused-ring (bicyclic) bond motifs is 1. The van der Waals surface area contributed by atoms with E-state index in [0.717, 1.165) is 6.07 Å². The molecule has 0 saturated carbocycles. The Kier molecular flexibility index (Phi) is 5.31. The fourth-order valence-corrected chi connectivity index (χ4v) is 2.97. The topological polar surface area (TPSA) is 111 Å². The van der Waals surface area contributed by atoms with E-state index >= 15 is 0 Å². The fourth-order valence-electron chi connectivity index (χ4n) is 2.97. The molecule has 0 aliphatic carbocycles. The number of nitro benzene ring substituents is 1. The first-order valence-corrected chi connectivity index (χ1v) is 9.30. The van der Waals surface area contributed by atoms with Gasteiger partial charge in [-0.2, -0.15) is 0 Å². The van der Waals surface area contributed by atoms with Crippen LogP contribution in [-0.4, -0.2) is 27.8 Å². The van der Waals surface area contributed by atoms with E-state index in [1.807, 2.05) is 0 Å². The molecular weight excluding hydrogens is 405 g/mol. The molecule has 0 atom stereocenters. The molecule has 0 bridgehead atoms. The molecule has 0 radical (unpaired) electrons. The van der Waals surface area contributed by atoms with Gasteiger partial charge in [-0.05, 0) is 37.3 Å². The quantitative estimate of drug-likeness (QED) is 0.254. The highest BCUT2D eigenvalue weighted by Gasteiger charge is 2.16. The Morgan fingerprint density at radius 3 is 2.81 bits per heavy atom. The van der Waals surface area contributed by atoms with Gasteiger partial charge in [0.15, 0.2) is 17.1 Å². The molecule has 0 unspecified atom stereocenters. The largest absolute Gasteiger partial charge is 0.504 e. The minimum Gasteiger partial charge on any atom is -0.504 e. The Balaban J connectivity index is 1.69. The minimum atomic E-state index is -0.578. The first-order valence-electron chi connectivity index (χ1n) is 9.30. The predicted octanol–water partition coefficient (Wildman–Crippen LogP) is 5.40. The zero-order valence-corrected chi connectivity index (χ0v) is 16.3. The number of benzene rings is 3. The molecule has 0 aliphatic heterocycles. The van der Waals surface area contributed by atoms with Gasteiger partial charge in [0.2, 0.25) is 5.89 Å². The molecule has 3 aromatic carbocycles. The SMILES string of the molecule is CCOc1cc([N+](=O)[O-])cc(C=Nc2ccc3oc(-c4ccccc4F)nc3c2)c1O. The van der Waals surface area contributed by atoms with Crippen molar-refractivity contribution in [2.75, 3.05) is 6.61 Å². The summed E-state index contributed by atoms with van der Waals surface area (Å²) in [6.07, 6.45) is 1.30. The number of aromatic hydroxyl groups is 1. The van der Waals surface area contributed by atoms with Crippen LogP contribution in [0.4, 0.5) is 15.8 Å². The van der Waals surface area contributed by atoms with Gasteiger partial charge in [-0.15, -0.1) is 0 Å². The van der Waals surface area contributed by atoms with Crippen molar-refractivity contribution in [2.45, 2.75) is 6.92 Å². The second-order valence-corrected chi connectivity index (χ2v) is 6.48. The van der Waals surface area contributed by atoms with Gasteiger partial charge in [0.05, 0.1) is 28.8 Å². The van der Waals surface area contributed by atoms with Crippen molar-refractivity contribution in [1.82, 2.24) is 4.98 Å². The second-order valence-electron chi connectivity index (χ2n) is 6.48. The van der Waals surface area contributed by atoms with Gasteiger partial charge in [0, 0.05) is 17.8 Å². The summed E-state index contributed by atoms with van der Waals surface area (Å²) in [7, 11) is 0. The van der Waals surface area contributed by atoms with Gasteiger partial charge in [0.25, 0.3) is 5.69 Å². The second kappa shape index (κ2) is 8.23. The number of nitrogens with zero attached hydrogens (tertiary/aromatic N) is 3. The maximum Gasteiger partial charge on any atom is 0.274 e. The van der Waals surface area contributed by atoms with E-state index in [0.29, 0.717) is 16.8 Å². The van der Waals surface area contributed by atoms with E-state index in [1.165, 1.54) is 18.3 Å². The van der Waals surface area contributed by atoms with Crippen LogP contribution in [0.5, 0.6) is 11.5 Å². The van der Waals surface area contributed by atoms with Gasteiger partial charge in [0.1, 0.15) is 11.3 Å². The monoisotopic (exact) mass is 421 g/mol. The summed E-state index contributed by atoms with van der Waals surface area (Å²) in [5, 5.41) is 21.5. The van der Waals surface area contributed by atoms with Crippen LogP contribution < -0.4 is 4.74 Å². The smallest absolute Gasteiger partial charge is 0.274 e. The van der Waals surface area contributed by atoms with Crippen LogP contribution in [0.3, 0.4) is 0 Å². The van der Waals surface area contributed by atoms with Crippen LogP contribution in [0.15, 0.2) is 64.0 Å². The molecule has 0 saturated heterocycles. The Bertz CT molecular complexity index is 1320. The first kappa shape index (κ1) is 20.0. The molecule has 31 heavy (non-hydrogen) atoms. The standard InChI is InChI=1S/C22H16FN3O5/c1-2-30-20-11-15(26(28)29)9-13(21(20)27)12-24-14-7-8-19-18(10-14)25-22(31-19)16-5-3-4-6-17(16)23/h3-12,27H,2H2,1H3. The average Bonchev–Trinajstić information content (AvgIpc) is 3.17. The van der Waals surface area contributed by atoms with Crippen molar-refractivity contribution in [3.05, 3.63) is 76.1 Å². The number of aliphatic imine (C=N–C) groups is 1. The Morgan fingerprint density at radius 1 is 1.26 bits per heavy atom. The van der Waals surface area contributed by atoms with Gasteiger partial charge < -0.3 is 14.3 Å². The summed E-state index contributed by atoms with van der Waals surface area (Å²) in [5.74, 6) is -0.550. The number of non-ortho nitro benzene ring substituents is 1. The maximum atomic E-state index is 14.0. The van der Waals surface area contributed by atoms with Crippen LogP contribution in [0.2, 0.25) is 0 Å². The molecule has 0 fully saturated rings. The lowest BCUT2D eigenvalue weighted by Gasteiger charge is -2.07. The molecule has 0 aliphatic rings. The van der Waals surface area contributed by atoms with Gasteiger partial charge in [-0.25, -0.2) is 9.37 Å². The lowest BCUT2D eigenvalue weighted by atomic mass is 10.1. The summed E-state index contributed by atoms with van der Waals surface area (Å²) in [6, 6.07) is 13.4. The molecule has 4 rings (SSSR count). The van der Waals surface area contributed by atoms with Gasteiger partial charge in [-0.1, -0.05) is 12.1 Å². The van der Waals surface area contributed by atoms with E-state index in [2.05, 4.69) is 9.98 Å². The number of nitro groups is 1. The summed E-state index contributed by atoms with van der Waals surface area (Å²) >= 11 is 0. The molecule has 9 heteroatoms. The minimum absolute atomic E-state index is 0.000340. The number of ether oxygens (including phenoxy) is 1. The number of hydrogen-bond donors (Lipinski definition) is 1. The molecule has 4 aromatic rings. The maximum absolute atomic E-state index is 14.0. The average molecular weight is 421 g/mol. The van der Waals surface area contributed by atoms with Crippen LogP contribution in [0.25, 0.3) is 22.6 Å². The van der Waals surface area contributed by atoms with Crippen molar-refractivity contribution < 1.29 is 23.6 Å². The third-order valence-electron chi connectivity index (χ3n) is 4.43. The summed E-state index contributed by atoms with van der Waals surface area (Å²) < 4.78 is 24.9. The third-order valence-corrected chi connectivity index (χ3v) is 4.43. The van der Waals surface area contributed by atoms with Crippen LogP contribution in [0.1, 0.15) is 12.5 Å². The van der Waals surface area contributed by atoms with Crippen molar-refractivity contribution >= 4 is 28.7 Å². The molecule has 156 valence electrons.